The Morgan fingerprint density at radius 1 is 1.14 bits per heavy atom. The van der Waals surface area contributed by atoms with Gasteiger partial charge >= 0.3 is 5.97 Å². The highest BCUT2D eigenvalue weighted by Gasteiger charge is 2.34. The maximum Gasteiger partial charge on any atom is 0.323 e. The molecule has 0 fully saturated rings. The fraction of sp³-hybridized carbons (Fsp3) is 0.667. The van der Waals surface area contributed by atoms with Gasteiger partial charge in [0, 0.05) is 7.11 Å². The van der Waals surface area contributed by atoms with Crippen molar-refractivity contribution >= 4 is 17.5 Å². The summed E-state index contributed by atoms with van der Waals surface area (Å²) < 4.78 is 9.08. The lowest BCUT2D eigenvalue weighted by atomic mass is 9.97. The molecule has 0 aromatic heterocycles. The summed E-state index contributed by atoms with van der Waals surface area (Å²) in [4.78, 5) is 33.6. The Balaban J connectivity index is 4.75. The van der Waals surface area contributed by atoms with E-state index >= 15 is 0 Å². The highest BCUT2D eigenvalue weighted by Crippen LogP contribution is 2.08. The Morgan fingerprint density at radius 3 is 1.93 bits per heavy atom. The maximum atomic E-state index is 11.5. The van der Waals surface area contributed by atoms with Crippen molar-refractivity contribution < 1.29 is 23.9 Å². The summed E-state index contributed by atoms with van der Waals surface area (Å²) in [6, 6.07) is 0. The van der Waals surface area contributed by atoms with Crippen LogP contribution in [-0.2, 0) is 23.9 Å². The Labute approximate surface area is 82.4 Å². The van der Waals surface area contributed by atoms with Crippen LogP contribution in [0.1, 0.15) is 13.8 Å². The molecule has 0 rings (SSSR count). The molecule has 5 heteroatoms. The van der Waals surface area contributed by atoms with Gasteiger partial charge < -0.3 is 9.47 Å². The average molecular weight is 202 g/mol. The number of ether oxygens (including phenoxy) is 2. The lowest BCUT2D eigenvalue weighted by Gasteiger charge is -2.14. The van der Waals surface area contributed by atoms with Crippen LogP contribution in [0.15, 0.2) is 0 Å². The summed E-state index contributed by atoms with van der Waals surface area (Å²) in [5.41, 5.74) is 0. The number of carbonyl (C=O) groups is 3. The average Bonchev–Trinajstić information content (AvgIpc) is 2.15. The van der Waals surface area contributed by atoms with Gasteiger partial charge in [-0.1, -0.05) is 0 Å². The van der Waals surface area contributed by atoms with Crippen molar-refractivity contribution in [3.63, 3.8) is 0 Å². The van der Waals surface area contributed by atoms with Gasteiger partial charge in [0.05, 0.1) is 7.11 Å². The van der Waals surface area contributed by atoms with Crippen molar-refractivity contribution in [1.82, 2.24) is 0 Å². The molecule has 0 aromatic rings. The third-order valence-electron chi connectivity index (χ3n) is 1.88. The van der Waals surface area contributed by atoms with E-state index < -0.39 is 29.6 Å². The first-order valence-corrected chi connectivity index (χ1v) is 4.10. The van der Waals surface area contributed by atoms with Crippen LogP contribution in [0.2, 0.25) is 0 Å². The molecule has 5 nitrogen and oxygen atoms in total. The van der Waals surface area contributed by atoms with Crippen molar-refractivity contribution in [2.45, 2.75) is 20.0 Å². The number of hydrogen-bond acceptors (Lipinski definition) is 5. The van der Waals surface area contributed by atoms with E-state index in [-0.39, 0.29) is 0 Å². The molecule has 0 saturated heterocycles. The van der Waals surface area contributed by atoms with Crippen LogP contribution in [0.3, 0.4) is 0 Å². The van der Waals surface area contributed by atoms with E-state index in [2.05, 4.69) is 4.74 Å². The first kappa shape index (κ1) is 12.8. The number of methoxy groups -OCH3 is 2. The van der Waals surface area contributed by atoms with E-state index in [9.17, 15) is 14.4 Å². The van der Waals surface area contributed by atoms with Crippen LogP contribution in [0.5, 0.6) is 0 Å². The molecular formula is C9H14O5. The summed E-state index contributed by atoms with van der Waals surface area (Å²) in [7, 11) is 2.46. The number of esters is 1. The summed E-state index contributed by atoms with van der Waals surface area (Å²) in [6.45, 7) is 2.64. The molecule has 0 aliphatic heterocycles. The number of Topliss-reactive ketones (excluding diaryl/α,β-unsaturated/α-hetero) is 2. The molecule has 0 aliphatic carbocycles. The second-order valence-electron chi connectivity index (χ2n) is 2.85. The van der Waals surface area contributed by atoms with Crippen molar-refractivity contribution in [2.24, 2.45) is 5.92 Å². The predicted octanol–water partition coefficient (Wildman–Crippen LogP) is -0.0314. The summed E-state index contributed by atoms with van der Waals surface area (Å²) in [5.74, 6) is -3.32. The molecule has 80 valence electrons. The molecule has 0 N–H and O–H groups in total. The predicted molar refractivity (Wildman–Crippen MR) is 47.7 cm³/mol. The Bertz CT molecular complexity index is 246. The molecule has 0 aromatic carbocycles. The number of carbonyl (C=O) groups excluding carboxylic acids is 3. The smallest absolute Gasteiger partial charge is 0.323 e. The summed E-state index contributed by atoms with van der Waals surface area (Å²) in [5, 5.41) is 0. The second kappa shape index (κ2) is 5.49. The van der Waals surface area contributed by atoms with Crippen LogP contribution in [0.25, 0.3) is 0 Å². The Hall–Kier alpha value is -1.23. The third-order valence-corrected chi connectivity index (χ3v) is 1.88. The van der Waals surface area contributed by atoms with Gasteiger partial charge in [-0.15, -0.1) is 0 Å². The van der Waals surface area contributed by atoms with Crippen LogP contribution in [0.4, 0.5) is 0 Å². The molecule has 0 bridgehead atoms. The van der Waals surface area contributed by atoms with Crippen molar-refractivity contribution in [3.05, 3.63) is 0 Å². The number of hydrogen-bond donors (Lipinski definition) is 0. The van der Waals surface area contributed by atoms with E-state index in [4.69, 9.17) is 4.74 Å². The molecule has 14 heavy (non-hydrogen) atoms. The van der Waals surface area contributed by atoms with E-state index in [1.165, 1.54) is 21.0 Å². The standard InChI is InChI=1S/C9H14O5/c1-5(10)7(9(12)14-4)8(11)6(2)13-3/h6-7H,1-4H3. The van der Waals surface area contributed by atoms with Crippen molar-refractivity contribution in [2.75, 3.05) is 14.2 Å². The van der Waals surface area contributed by atoms with E-state index in [0.29, 0.717) is 0 Å². The number of rotatable bonds is 5. The lowest BCUT2D eigenvalue weighted by Crippen LogP contribution is -2.37. The fourth-order valence-corrected chi connectivity index (χ4v) is 0.951. The quantitative estimate of drug-likeness (QED) is 0.462. The Morgan fingerprint density at radius 2 is 1.64 bits per heavy atom. The van der Waals surface area contributed by atoms with Crippen LogP contribution < -0.4 is 0 Å². The molecule has 0 amide bonds. The van der Waals surface area contributed by atoms with Crippen LogP contribution >= 0.6 is 0 Å². The van der Waals surface area contributed by atoms with Crippen LogP contribution in [-0.4, -0.2) is 37.9 Å². The van der Waals surface area contributed by atoms with Gasteiger partial charge in [0.2, 0.25) is 0 Å². The monoisotopic (exact) mass is 202 g/mol. The molecule has 0 radical (unpaired) electrons. The molecule has 2 atom stereocenters. The van der Waals surface area contributed by atoms with Crippen molar-refractivity contribution in [1.29, 1.82) is 0 Å². The minimum absolute atomic E-state index is 0.536. The molecular weight excluding hydrogens is 188 g/mol. The Kier molecular flexibility index (Phi) is 5.01. The summed E-state index contributed by atoms with van der Waals surface area (Å²) >= 11 is 0. The number of ketones is 2. The second-order valence-corrected chi connectivity index (χ2v) is 2.85. The molecule has 0 heterocycles. The van der Waals surface area contributed by atoms with E-state index in [1.807, 2.05) is 0 Å². The molecule has 0 spiro atoms. The minimum Gasteiger partial charge on any atom is -0.468 e. The van der Waals surface area contributed by atoms with Gasteiger partial charge in [0.25, 0.3) is 0 Å². The zero-order chi connectivity index (χ0) is 11.3. The van der Waals surface area contributed by atoms with Gasteiger partial charge in [-0.05, 0) is 13.8 Å². The minimum atomic E-state index is -1.37. The SMILES string of the molecule is COC(=O)C(C(C)=O)C(=O)C(C)OC. The first-order chi connectivity index (χ1) is 6.45. The molecule has 2 unspecified atom stereocenters. The lowest BCUT2D eigenvalue weighted by molar-refractivity contribution is -0.155. The van der Waals surface area contributed by atoms with Crippen LogP contribution in [0, 0.1) is 5.92 Å². The summed E-state index contributed by atoms with van der Waals surface area (Å²) in [6.07, 6.45) is -0.789. The highest BCUT2D eigenvalue weighted by molar-refractivity contribution is 6.17. The highest BCUT2D eigenvalue weighted by atomic mass is 16.5. The van der Waals surface area contributed by atoms with Gasteiger partial charge in [-0.25, -0.2) is 0 Å². The van der Waals surface area contributed by atoms with E-state index in [1.54, 1.807) is 0 Å². The third kappa shape index (κ3) is 2.92. The van der Waals surface area contributed by atoms with Gasteiger partial charge in [-0.3, -0.25) is 14.4 Å². The topological polar surface area (TPSA) is 69.7 Å². The van der Waals surface area contributed by atoms with Gasteiger partial charge in [-0.2, -0.15) is 0 Å². The maximum absolute atomic E-state index is 11.5. The van der Waals surface area contributed by atoms with E-state index in [0.717, 1.165) is 7.11 Å². The van der Waals surface area contributed by atoms with Gasteiger partial charge in [0.15, 0.2) is 17.5 Å². The van der Waals surface area contributed by atoms with Gasteiger partial charge in [0.1, 0.15) is 6.10 Å². The largest absolute Gasteiger partial charge is 0.468 e. The zero-order valence-electron chi connectivity index (χ0n) is 8.70. The van der Waals surface area contributed by atoms with Crippen molar-refractivity contribution in [3.8, 4) is 0 Å². The first-order valence-electron chi connectivity index (χ1n) is 4.10. The molecule has 0 aliphatic rings. The zero-order valence-corrected chi connectivity index (χ0v) is 8.70. The fourth-order valence-electron chi connectivity index (χ4n) is 0.951. The normalized spacial score (nSPS) is 14.3. The molecule has 0 saturated carbocycles.